The summed E-state index contributed by atoms with van der Waals surface area (Å²) in [4.78, 5) is 3.93. The minimum absolute atomic E-state index is 0.125. The lowest BCUT2D eigenvalue weighted by Crippen LogP contribution is -1.81. The highest BCUT2D eigenvalue weighted by Crippen LogP contribution is 2.30. The molecule has 0 radical (unpaired) electrons. The van der Waals surface area contributed by atoms with Crippen molar-refractivity contribution in [2.75, 3.05) is 5.73 Å². The average Bonchev–Trinajstić information content (AvgIpc) is 2.49. The Kier molecular flexibility index (Phi) is 1.90. The lowest BCUT2D eigenvalue weighted by molar-refractivity contribution is 0.439. The van der Waals surface area contributed by atoms with Gasteiger partial charge in [-0.2, -0.15) is 0 Å². The van der Waals surface area contributed by atoms with E-state index >= 15 is 0 Å². The van der Waals surface area contributed by atoms with E-state index in [1.165, 1.54) is 0 Å². The zero-order chi connectivity index (χ0) is 9.26. The lowest BCUT2D eigenvalue weighted by Gasteiger charge is -1.92. The third-order valence-corrected chi connectivity index (χ3v) is 1.96. The number of anilines is 1. The summed E-state index contributed by atoms with van der Waals surface area (Å²) in [6, 6.07) is 3.62. The number of nitrogens with zero attached hydrogens (tertiary/aromatic N) is 2. The molecule has 2 N–H and O–H groups in total. The van der Waals surface area contributed by atoms with Crippen LogP contribution in [0.2, 0.25) is 5.02 Å². The zero-order valence-corrected chi connectivity index (χ0v) is 7.32. The molecule has 0 atom stereocenters. The maximum absolute atomic E-state index is 5.83. The topological polar surface area (TPSA) is 64.9 Å². The van der Waals surface area contributed by atoms with Gasteiger partial charge in [-0.05, 0) is 12.1 Å². The molecule has 0 spiro atoms. The molecule has 0 fully saturated rings. The Balaban J connectivity index is 2.53. The summed E-state index contributed by atoms with van der Waals surface area (Å²) in [7, 11) is 0. The van der Waals surface area contributed by atoms with Gasteiger partial charge in [0.15, 0.2) is 0 Å². The summed E-state index contributed by atoms with van der Waals surface area (Å²) in [6.07, 6.45) is 3.31. The van der Waals surface area contributed by atoms with Gasteiger partial charge in [-0.1, -0.05) is 16.8 Å². The van der Waals surface area contributed by atoms with Crippen LogP contribution in [-0.4, -0.2) is 10.1 Å². The average molecular weight is 196 g/mol. The molecule has 0 saturated carbocycles. The molecular weight excluding hydrogens is 190 g/mol. The van der Waals surface area contributed by atoms with Gasteiger partial charge in [-0.25, -0.2) is 0 Å². The molecule has 0 saturated heterocycles. The number of hydrogen-bond acceptors (Lipinski definition) is 4. The van der Waals surface area contributed by atoms with Crippen molar-refractivity contribution >= 4 is 17.5 Å². The molecule has 2 aromatic heterocycles. The summed E-state index contributed by atoms with van der Waals surface area (Å²) in [5.41, 5.74) is 6.70. The van der Waals surface area contributed by atoms with Crippen LogP contribution >= 0.6 is 11.6 Å². The number of nitrogen functional groups attached to an aromatic ring is 1. The van der Waals surface area contributed by atoms with Gasteiger partial charge in [-0.3, -0.25) is 4.98 Å². The van der Waals surface area contributed by atoms with E-state index in [1.54, 1.807) is 18.5 Å². The number of rotatable bonds is 1. The van der Waals surface area contributed by atoms with Crippen molar-refractivity contribution in [2.24, 2.45) is 0 Å². The van der Waals surface area contributed by atoms with Crippen molar-refractivity contribution in [3.63, 3.8) is 0 Å². The van der Waals surface area contributed by atoms with Gasteiger partial charge in [0.2, 0.25) is 5.88 Å². The first-order valence-electron chi connectivity index (χ1n) is 3.60. The minimum Gasteiger partial charge on any atom is -0.366 e. The van der Waals surface area contributed by atoms with Gasteiger partial charge >= 0.3 is 0 Å². The van der Waals surface area contributed by atoms with Gasteiger partial charge in [0, 0.05) is 18.0 Å². The van der Waals surface area contributed by atoms with E-state index in [-0.39, 0.29) is 5.88 Å². The van der Waals surface area contributed by atoms with E-state index in [9.17, 15) is 0 Å². The van der Waals surface area contributed by atoms with Crippen LogP contribution in [0.25, 0.3) is 11.3 Å². The third kappa shape index (κ3) is 1.36. The van der Waals surface area contributed by atoms with Crippen molar-refractivity contribution in [1.82, 2.24) is 10.1 Å². The third-order valence-electron chi connectivity index (χ3n) is 1.59. The summed E-state index contributed by atoms with van der Waals surface area (Å²) >= 11 is 5.83. The number of halogens is 1. The fraction of sp³-hybridized carbons (Fsp3) is 0. The first-order valence-corrected chi connectivity index (χ1v) is 3.98. The van der Waals surface area contributed by atoms with Gasteiger partial charge in [0.1, 0.15) is 10.7 Å². The molecular formula is C8H6ClN3O. The van der Waals surface area contributed by atoms with Crippen LogP contribution < -0.4 is 5.73 Å². The second kappa shape index (κ2) is 3.06. The number of pyridine rings is 1. The summed E-state index contributed by atoms with van der Waals surface area (Å²) in [5.74, 6) is 0.125. The van der Waals surface area contributed by atoms with Gasteiger partial charge in [-0.15, -0.1) is 0 Å². The van der Waals surface area contributed by atoms with Crippen LogP contribution in [-0.2, 0) is 0 Å². The fourth-order valence-corrected chi connectivity index (χ4v) is 1.15. The molecule has 13 heavy (non-hydrogen) atoms. The fourth-order valence-electron chi connectivity index (χ4n) is 0.974. The Morgan fingerprint density at radius 1 is 1.46 bits per heavy atom. The predicted octanol–water partition coefficient (Wildman–Crippen LogP) is 1.97. The SMILES string of the molecule is Nc1onc(-c2cccnc2)c1Cl. The predicted molar refractivity (Wildman–Crippen MR) is 49.2 cm³/mol. The largest absolute Gasteiger partial charge is 0.366 e. The molecule has 0 amide bonds. The Bertz CT molecular complexity index is 413. The molecule has 2 heterocycles. The van der Waals surface area contributed by atoms with E-state index in [0.29, 0.717) is 10.7 Å². The molecule has 0 aliphatic rings. The normalized spacial score (nSPS) is 10.2. The maximum atomic E-state index is 5.83. The highest BCUT2D eigenvalue weighted by molar-refractivity contribution is 6.35. The monoisotopic (exact) mass is 195 g/mol. The number of nitrogens with two attached hydrogens (primary N) is 1. The maximum Gasteiger partial charge on any atom is 0.241 e. The van der Waals surface area contributed by atoms with Crippen molar-refractivity contribution < 1.29 is 4.52 Å². The van der Waals surface area contributed by atoms with Crippen LogP contribution in [0, 0.1) is 0 Å². The first-order chi connectivity index (χ1) is 6.29. The van der Waals surface area contributed by atoms with Gasteiger partial charge in [0.05, 0.1) is 0 Å². The Hall–Kier alpha value is -1.55. The summed E-state index contributed by atoms with van der Waals surface area (Å²) in [6.45, 7) is 0. The Morgan fingerprint density at radius 3 is 2.85 bits per heavy atom. The second-order valence-corrected chi connectivity index (χ2v) is 2.83. The van der Waals surface area contributed by atoms with Crippen LogP contribution in [0.4, 0.5) is 5.88 Å². The molecule has 2 aromatic rings. The van der Waals surface area contributed by atoms with E-state index in [4.69, 9.17) is 21.9 Å². The van der Waals surface area contributed by atoms with Crippen molar-refractivity contribution in [3.8, 4) is 11.3 Å². The lowest BCUT2D eigenvalue weighted by atomic mass is 10.2. The van der Waals surface area contributed by atoms with Crippen molar-refractivity contribution in [3.05, 3.63) is 29.5 Å². The van der Waals surface area contributed by atoms with Gasteiger partial charge < -0.3 is 10.3 Å². The van der Waals surface area contributed by atoms with E-state index < -0.39 is 0 Å². The Morgan fingerprint density at radius 2 is 2.31 bits per heavy atom. The quantitative estimate of drug-likeness (QED) is 0.756. The van der Waals surface area contributed by atoms with Crippen LogP contribution in [0.1, 0.15) is 0 Å². The zero-order valence-electron chi connectivity index (χ0n) is 6.57. The molecule has 5 heteroatoms. The summed E-state index contributed by atoms with van der Waals surface area (Å²) in [5, 5.41) is 4.04. The smallest absolute Gasteiger partial charge is 0.241 e. The molecule has 0 aromatic carbocycles. The second-order valence-electron chi connectivity index (χ2n) is 2.45. The van der Waals surface area contributed by atoms with E-state index in [0.717, 1.165) is 5.56 Å². The van der Waals surface area contributed by atoms with Crippen molar-refractivity contribution in [1.29, 1.82) is 0 Å². The van der Waals surface area contributed by atoms with Crippen molar-refractivity contribution in [2.45, 2.75) is 0 Å². The molecule has 66 valence electrons. The van der Waals surface area contributed by atoms with E-state index in [2.05, 4.69) is 10.1 Å². The first kappa shape index (κ1) is 8.07. The van der Waals surface area contributed by atoms with Crippen LogP contribution in [0.3, 0.4) is 0 Å². The molecule has 0 bridgehead atoms. The number of aromatic nitrogens is 2. The molecule has 0 unspecified atom stereocenters. The highest BCUT2D eigenvalue weighted by Gasteiger charge is 2.12. The molecule has 0 aliphatic heterocycles. The summed E-state index contributed by atoms with van der Waals surface area (Å²) < 4.78 is 4.72. The molecule has 2 rings (SSSR count). The van der Waals surface area contributed by atoms with Crippen LogP contribution in [0.5, 0.6) is 0 Å². The number of hydrogen-bond donors (Lipinski definition) is 1. The van der Waals surface area contributed by atoms with Gasteiger partial charge in [0.25, 0.3) is 0 Å². The molecule has 4 nitrogen and oxygen atoms in total. The van der Waals surface area contributed by atoms with E-state index in [1.807, 2.05) is 6.07 Å². The minimum atomic E-state index is 0.125. The molecule has 0 aliphatic carbocycles. The Labute approximate surface area is 79.3 Å². The highest BCUT2D eigenvalue weighted by atomic mass is 35.5. The standard InChI is InChI=1S/C8H6ClN3O/c9-6-7(12-13-8(6)10)5-2-1-3-11-4-5/h1-4H,10H2. The van der Waals surface area contributed by atoms with Crippen LogP contribution in [0.15, 0.2) is 29.0 Å².